The van der Waals surface area contributed by atoms with Crippen LogP contribution in [-0.2, 0) is 18.3 Å². The normalized spacial score (nSPS) is 10.9. The second-order valence-corrected chi connectivity index (χ2v) is 9.39. The highest BCUT2D eigenvalue weighted by Crippen LogP contribution is 2.30. The Balaban J connectivity index is 1.52. The molecule has 0 spiro atoms. The van der Waals surface area contributed by atoms with E-state index in [4.69, 9.17) is 0 Å². The van der Waals surface area contributed by atoms with E-state index >= 15 is 0 Å². The second-order valence-electron chi connectivity index (χ2n) is 7.41. The number of thiophene rings is 1. The molecule has 0 fully saturated rings. The summed E-state index contributed by atoms with van der Waals surface area (Å²) in [7, 11) is 1.87. The van der Waals surface area contributed by atoms with Crippen molar-refractivity contribution in [2.24, 2.45) is 7.05 Å². The molecule has 0 saturated carbocycles. The molecule has 0 bridgehead atoms. The van der Waals surface area contributed by atoms with E-state index < -0.39 is 5.82 Å². The number of halogens is 1. The first-order valence-corrected chi connectivity index (χ1v) is 12.0. The number of rotatable bonds is 7. The van der Waals surface area contributed by atoms with Crippen LogP contribution in [-0.4, -0.2) is 31.0 Å². The minimum atomic E-state index is -0.398. The highest BCUT2D eigenvalue weighted by molar-refractivity contribution is 7.99. The van der Waals surface area contributed by atoms with Gasteiger partial charge in [0.2, 0.25) is 5.91 Å². The first-order valence-electron chi connectivity index (χ1n) is 10.1. The molecule has 4 rings (SSSR count). The minimum absolute atomic E-state index is 0.0856. The van der Waals surface area contributed by atoms with Crippen molar-refractivity contribution in [3.63, 3.8) is 0 Å². The molecule has 4 aromatic rings. The van der Waals surface area contributed by atoms with Gasteiger partial charge in [-0.05, 0) is 49.1 Å². The number of amides is 1. The van der Waals surface area contributed by atoms with Crippen LogP contribution in [0.1, 0.15) is 27.5 Å². The van der Waals surface area contributed by atoms with E-state index in [-0.39, 0.29) is 11.7 Å². The average molecular weight is 481 g/mol. The number of hydrogen-bond donors (Lipinski definition) is 1. The zero-order chi connectivity index (χ0) is 23.5. The van der Waals surface area contributed by atoms with Crippen molar-refractivity contribution >= 4 is 34.8 Å². The fraction of sp³-hybridized carbons (Fsp3) is 0.217. The number of thioether (sulfide) groups is 1. The maximum atomic E-state index is 13.9. The van der Waals surface area contributed by atoms with Crippen LogP contribution in [0.2, 0.25) is 0 Å². The zero-order valence-corrected chi connectivity index (χ0v) is 19.9. The van der Waals surface area contributed by atoms with Gasteiger partial charge in [-0.1, -0.05) is 23.9 Å². The van der Waals surface area contributed by atoms with Crippen LogP contribution in [0.25, 0.3) is 5.69 Å². The van der Waals surface area contributed by atoms with Gasteiger partial charge in [-0.2, -0.15) is 5.26 Å². The van der Waals surface area contributed by atoms with Crippen LogP contribution in [0.15, 0.2) is 46.9 Å². The standard InChI is InChI=1S/C23H21FN6OS2/c1-14-15(2)30(17-7-4-6-16(24)10-17)22(19(14)12-25)26-21(31)13-33-23-28-27-20(29(23)3)11-18-8-5-9-32-18/h4-10H,11,13H2,1-3H3,(H,26,31). The number of nitrogens with one attached hydrogen (secondary N) is 1. The van der Waals surface area contributed by atoms with Crippen molar-refractivity contribution in [3.8, 4) is 11.8 Å². The van der Waals surface area contributed by atoms with Crippen LogP contribution in [0.3, 0.4) is 0 Å². The molecule has 0 aliphatic heterocycles. The maximum Gasteiger partial charge on any atom is 0.236 e. The molecule has 7 nitrogen and oxygen atoms in total. The lowest BCUT2D eigenvalue weighted by Gasteiger charge is -2.13. The van der Waals surface area contributed by atoms with Gasteiger partial charge in [-0.25, -0.2) is 4.39 Å². The van der Waals surface area contributed by atoms with Crippen LogP contribution >= 0.6 is 23.1 Å². The minimum Gasteiger partial charge on any atom is -0.310 e. The summed E-state index contributed by atoms with van der Waals surface area (Å²) in [4.78, 5) is 14.0. The molecule has 0 aliphatic rings. The summed E-state index contributed by atoms with van der Waals surface area (Å²) in [6.45, 7) is 3.64. The summed E-state index contributed by atoms with van der Waals surface area (Å²) in [6.07, 6.45) is 0.680. The Hall–Kier alpha value is -3.42. The topological polar surface area (TPSA) is 88.5 Å². The lowest BCUT2D eigenvalue weighted by molar-refractivity contribution is -0.113. The summed E-state index contributed by atoms with van der Waals surface area (Å²) >= 11 is 2.92. The Morgan fingerprint density at radius 3 is 2.79 bits per heavy atom. The molecule has 3 aromatic heterocycles. The second kappa shape index (κ2) is 9.60. The molecule has 0 radical (unpaired) electrons. The number of carbonyl (C=O) groups is 1. The van der Waals surface area contributed by atoms with Crippen molar-refractivity contribution < 1.29 is 9.18 Å². The molecular weight excluding hydrogens is 459 g/mol. The quantitative estimate of drug-likeness (QED) is 0.390. The number of aromatic nitrogens is 4. The number of carbonyl (C=O) groups excluding carboxylic acids is 1. The molecule has 0 atom stereocenters. The fourth-order valence-corrected chi connectivity index (χ4v) is 4.92. The third-order valence-electron chi connectivity index (χ3n) is 5.32. The Bertz CT molecular complexity index is 1350. The first kappa shape index (κ1) is 22.8. The van der Waals surface area contributed by atoms with Crippen LogP contribution < -0.4 is 5.32 Å². The molecule has 1 amide bonds. The number of nitriles is 1. The molecule has 1 aromatic carbocycles. The highest BCUT2D eigenvalue weighted by atomic mass is 32.2. The van der Waals surface area contributed by atoms with Crippen LogP contribution in [0.5, 0.6) is 0 Å². The van der Waals surface area contributed by atoms with Crippen molar-refractivity contribution in [3.05, 3.63) is 75.1 Å². The first-order chi connectivity index (χ1) is 15.9. The van der Waals surface area contributed by atoms with Crippen molar-refractivity contribution in [2.45, 2.75) is 25.4 Å². The van der Waals surface area contributed by atoms with E-state index in [9.17, 15) is 14.4 Å². The van der Waals surface area contributed by atoms with Crippen LogP contribution in [0.4, 0.5) is 10.2 Å². The third kappa shape index (κ3) is 4.69. The van der Waals surface area contributed by atoms with Gasteiger partial charge in [0.05, 0.1) is 17.0 Å². The lowest BCUT2D eigenvalue weighted by Crippen LogP contribution is -2.18. The molecule has 0 saturated heterocycles. The predicted octanol–water partition coefficient (Wildman–Crippen LogP) is 4.62. The Morgan fingerprint density at radius 2 is 2.09 bits per heavy atom. The van der Waals surface area contributed by atoms with Gasteiger partial charge in [-0.3, -0.25) is 9.36 Å². The van der Waals surface area contributed by atoms with E-state index in [0.29, 0.717) is 28.6 Å². The van der Waals surface area contributed by atoms with Gasteiger partial charge in [0.1, 0.15) is 23.5 Å². The van der Waals surface area contributed by atoms with Gasteiger partial charge in [0.25, 0.3) is 0 Å². The summed E-state index contributed by atoms with van der Waals surface area (Å²) in [5, 5.41) is 23.6. The lowest BCUT2D eigenvalue weighted by atomic mass is 10.2. The molecule has 33 heavy (non-hydrogen) atoms. The number of hydrogen-bond acceptors (Lipinski definition) is 6. The zero-order valence-electron chi connectivity index (χ0n) is 18.3. The molecule has 0 unspecified atom stereocenters. The van der Waals surface area contributed by atoms with Gasteiger partial charge in [0.15, 0.2) is 5.16 Å². The van der Waals surface area contributed by atoms with E-state index in [2.05, 4.69) is 21.6 Å². The summed E-state index contributed by atoms with van der Waals surface area (Å²) in [5.41, 5.74) is 2.38. The number of benzene rings is 1. The third-order valence-corrected chi connectivity index (χ3v) is 7.22. The van der Waals surface area contributed by atoms with Gasteiger partial charge >= 0.3 is 0 Å². The summed E-state index contributed by atoms with van der Waals surface area (Å²) < 4.78 is 17.4. The Morgan fingerprint density at radius 1 is 1.27 bits per heavy atom. The number of nitrogens with zero attached hydrogens (tertiary/aromatic N) is 5. The van der Waals surface area contributed by atoms with Gasteiger partial charge in [-0.15, -0.1) is 21.5 Å². The molecule has 3 heterocycles. The average Bonchev–Trinajstić information content (AvgIpc) is 3.48. The Labute approximate surface area is 198 Å². The Kier molecular flexibility index (Phi) is 6.62. The largest absolute Gasteiger partial charge is 0.310 e. The molecule has 10 heteroatoms. The molecular formula is C23H21FN6OS2. The van der Waals surface area contributed by atoms with E-state index in [1.165, 1.54) is 28.8 Å². The summed E-state index contributed by atoms with van der Waals surface area (Å²) in [6, 6.07) is 12.2. The number of anilines is 1. The smallest absolute Gasteiger partial charge is 0.236 e. The fourth-order valence-electron chi connectivity index (χ4n) is 3.49. The van der Waals surface area contributed by atoms with E-state index in [0.717, 1.165) is 17.1 Å². The van der Waals surface area contributed by atoms with E-state index in [1.807, 2.05) is 43.0 Å². The predicted molar refractivity (Wildman–Crippen MR) is 127 cm³/mol. The molecule has 1 N–H and O–H groups in total. The monoisotopic (exact) mass is 480 g/mol. The SMILES string of the molecule is Cc1c(C#N)c(NC(=O)CSc2nnc(Cc3cccs3)n2C)n(-c2cccc(F)c2)c1C. The summed E-state index contributed by atoms with van der Waals surface area (Å²) in [5.74, 6) is 0.542. The van der Waals surface area contributed by atoms with Crippen LogP contribution in [0, 0.1) is 31.0 Å². The maximum absolute atomic E-state index is 13.9. The van der Waals surface area contributed by atoms with Gasteiger partial charge in [0, 0.05) is 24.0 Å². The van der Waals surface area contributed by atoms with E-state index in [1.54, 1.807) is 28.0 Å². The molecule has 0 aliphatic carbocycles. The van der Waals surface area contributed by atoms with Crippen molar-refractivity contribution in [2.75, 3.05) is 11.1 Å². The van der Waals surface area contributed by atoms with Crippen molar-refractivity contribution in [1.29, 1.82) is 5.26 Å². The molecule has 168 valence electrons. The van der Waals surface area contributed by atoms with Gasteiger partial charge < -0.3 is 9.88 Å². The van der Waals surface area contributed by atoms with Crippen molar-refractivity contribution in [1.82, 2.24) is 19.3 Å². The highest BCUT2D eigenvalue weighted by Gasteiger charge is 2.21.